The molecule has 0 aliphatic heterocycles. The number of anilines is 1. The van der Waals surface area contributed by atoms with Crippen molar-refractivity contribution in [2.45, 2.75) is 31.5 Å². The standard InChI is InChI=1S/C16H18N6O/c23-14-8-11(9-22-6-5-17-10-22)7-13(14)20-15-2-1-12-16(21-15)19-4-3-18-12/h1-6,10-11,13-14,23H,7-9H2,(H,19,20,21)/t11?,13-,14-/m1/s1. The van der Waals surface area contributed by atoms with E-state index in [1.165, 1.54) is 0 Å². The van der Waals surface area contributed by atoms with Gasteiger partial charge in [-0.05, 0) is 30.9 Å². The van der Waals surface area contributed by atoms with Crippen LogP contribution in [0.25, 0.3) is 11.2 Å². The molecule has 4 rings (SSSR count). The first kappa shape index (κ1) is 14.1. The summed E-state index contributed by atoms with van der Waals surface area (Å²) in [6.45, 7) is 0.881. The molecule has 3 atom stereocenters. The summed E-state index contributed by atoms with van der Waals surface area (Å²) in [4.78, 5) is 16.9. The van der Waals surface area contributed by atoms with Crippen LogP contribution < -0.4 is 5.32 Å². The Labute approximate surface area is 133 Å². The molecule has 23 heavy (non-hydrogen) atoms. The van der Waals surface area contributed by atoms with Crippen LogP contribution >= 0.6 is 0 Å². The Morgan fingerprint density at radius 1 is 1.17 bits per heavy atom. The van der Waals surface area contributed by atoms with E-state index in [1.807, 2.05) is 24.7 Å². The second-order valence-corrected chi connectivity index (χ2v) is 6.01. The summed E-state index contributed by atoms with van der Waals surface area (Å²) in [7, 11) is 0. The SMILES string of the molecule is O[C@@H]1CC(Cn2ccnc2)C[C@H]1Nc1ccc2nccnc2n1. The number of hydrogen-bond donors (Lipinski definition) is 2. The molecule has 1 unspecified atom stereocenters. The first-order chi connectivity index (χ1) is 11.3. The van der Waals surface area contributed by atoms with Gasteiger partial charge in [0.15, 0.2) is 5.65 Å². The van der Waals surface area contributed by atoms with Crippen molar-refractivity contribution in [1.29, 1.82) is 0 Å². The smallest absolute Gasteiger partial charge is 0.180 e. The Kier molecular flexibility index (Phi) is 3.63. The number of nitrogens with one attached hydrogen (secondary N) is 1. The van der Waals surface area contributed by atoms with Crippen LogP contribution in [0.15, 0.2) is 43.2 Å². The van der Waals surface area contributed by atoms with Crippen LogP contribution in [-0.4, -0.2) is 41.8 Å². The molecule has 2 N–H and O–H groups in total. The van der Waals surface area contributed by atoms with E-state index in [2.05, 4.69) is 29.8 Å². The number of hydrogen-bond acceptors (Lipinski definition) is 6. The van der Waals surface area contributed by atoms with Crippen LogP contribution in [0.3, 0.4) is 0 Å². The molecule has 0 aromatic carbocycles. The van der Waals surface area contributed by atoms with Gasteiger partial charge in [0.2, 0.25) is 0 Å². The van der Waals surface area contributed by atoms with Crippen LogP contribution in [0.2, 0.25) is 0 Å². The highest BCUT2D eigenvalue weighted by Crippen LogP contribution is 2.29. The maximum atomic E-state index is 10.3. The molecule has 1 aliphatic rings. The van der Waals surface area contributed by atoms with Gasteiger partial charge in [0, 0.05) is 31.3 Å². The zero-order valence-corrected chi connectivity index (χ0v) is 12.6. The second kappa shape index (κ2) is 5.92. The van der Waals surface area contributed by atoms with Gasteiger partial charge >= 0.3 is 0 Å². The van der Waals surface area contributed by atoms with Crippen LogP contribution in [0.4, 0.5) is 5.82 Å². The van der Waals surface area contributed by atoms with Gasteiger partial charge in [-0.1, -0.05) is 0 Å². The normalized spacial score (nSPS) is 24.1. The van der Waals surface area contributed by atoms with E-state index in [1.54, 1.807) is 18.6 Å². The zero-order chi connectivity index (χ0) is 15.6. The van der Waals surface area contributed by atoms with Crippen molar-refractivity contribution in [3.05, 3.63) is 43.2 Å². The first-order valence-corrected chi connectivity index (χ1v) is 7.76. The number of nitrogens with zero attached hydrogens (tertiary/aromatic N) is 5. The Morgan fingerprint density at radius 3 is 2.96 bits per heavy atom. The fourth-order valence-electron chi connectivity index (χ4n) is 3.24. The lowest BCUT2D eigenvalue weighted by molar-refractivity contribution is 0.166. The summed E-state index contributed by atoms with van der Waals surface area (Å²) in [6.07, 6.45) is 10.1. The number of aliphatic hydroxyl groups excluding tert-OH is 1. The van der Waals surface area contributed by atoms with Crippen LogP contribution in [-0.2, 0) is 6.54 Å². The summed E-state index contributed by atoms with van der Waals surface area (Å²) >= 11 is 0. The summed E-state index contributed by atoms with van der Waals surface area (Å²) in [5, 5.41) is 13.7. The summed E-state index contributed by atoms with van der Waals surface area (Å²) < 4.78 is 2.06. The molecular weight excluding hydrogens is 292 g/mol. The monoisotopic (exact) mass is 310 g/mol. The van der Waals surface area contributed by atoms with E-state index in [4.69, 9.17) is 0 Å². The van der Waals surface area contributed by atoms with E-state index < -0.39 is 0 Å². The van der Waals surface area contributed by atoms with Gasteiger partial charge in [-0.2, -0.15) is 0 Å². The lowest BCUT2D eigenvalue weighted by atomic mass is 10.1. The first-order valence-electron chi connectivity index (χ1n) is 7.76. The molecule has 3 aromatic rings. The largest absolute Gasteiger partial charge is 0.391 e. The maximum absolute atomic E-state index is 10.3. The van der Waals surface area contributed by atoms with Crippen LogP contribution in [0.5, 0.6) is 0 Å². The van der Waals surface area contributed by atoms with Gasteiger partial charge in [-0.3, -0.25) is 4.98 Å². The number of aliphatic hydroxyl groups is 1. The van der Waals surface area contributed by atoms with Gasteiger partial charge in [0.05, 0.1) is 18.5 Å². The Morgan fingerprint density at radius 2 is 2.09 bits per heavy atom. The van der Waals surface area contributed by atoms with Gasteiger partial charge in [0.1, 0.15) is 11.3 Å². The third-order valence-electron chi connectivity index (χ3n) is 4.32. The highest BCUT2D eigenvalue weighted by atomic mass is 16.3. The van der Waals surface area contributed by atoms with Crippen LogP contribution in [0.1, 0.15) is 12.8 Å². The van der Waals surface area contributed by atoms with E-state index in [9.17, 15) is 5.11 Å². The van der Waals surface area contributed by atoms with Gasteiger partial charge in [-0.15, -0.1) is 0 Å². The molecule has 0 saturated heterocycles. The van der Waals surface area contributed by atoms with E-state index in [0.717, 1.165) is 30.7 Å². The fourth-order valence-corrected chi connectivity index (χ4v) is 3.24. The minimum Gasteiger partial charge on any atom is -0.391 e. The molecule has 1 saturated carbocycles. The van der Waals surface area contributed by atoms with Crippen molar-refractivity contribution in [2.75, 3.05) is 5.32 Å². The zero-order valence-electron chi connectivity index (χ0n) is 12.6. The maximum Gasteiger partial charge on any atom is 0.180 e. The predicted molar refractivity (Wildman–Crippen MR) is 85.7 cm³/mol. The van der Waals surface area contributed by atoms with Crippen molar-refractivity contribution >= 4 is 17.0 Å². The number of aromatic nitrogens is 5. The average molecular weight is 310 g/mol. The number of pyridine rings is 1. The number of fused-ring (bicyclic) bond motifs is 1. The quantitative estimate of drug-likeness (QED) is 0.758. The van der Waals surface area contributed by atoms with Crippen molar-refractivity contribution < 1.29 is 5.11 Å². The highest BCUT2D eigenvalue weighted by molar-refractivity contribution is 5.71. The van der Waals surface area contributed by atoms with Crippen molar-refractivity contribution in [3.8, 4) is 0 Å². The third-order valence-corrected chi connectivity index (χ3v) is 4.32. The fraction of sp³-hybridized carbons (Fsp3) is 0.375. The summed E-state index contributed by atoms with van der Waals surface area (Å²) in [5.74, 6) is 1.15. The molecular formula is C16H18N6O. The molecule has 3 aromatic heterocycles. The topological polar surface area (TPSA) is 88.8 Å². The number of imidazole rings is 1. The molecule has 3 heterocycles. The van der Waals surface area contributed by atoms with Gasteiger partial charge < -0.3 is 15.0 Å². The van der Waals surface area contributed by atoms with Crippen LogP contribution in [0, 0.1) is 5.92 Å². The lowest BCUT2D eigenvalue weighted by Gasteiger charge is -2.17. The summed E-state index contributed by atoms with van der Waals surface area (Å²) in [5.41, 5.74) is 1.38. The molecule has 7 nitrogen and oxygen atoms in total. The minimum atomic E-state index is -0.372. The van der Waals surface area contributed by atoms with E-state index in [-0.39, 0.29) is 12.1 Å². The summed E-state index contributed by atoms with van der Waals surface area (Å²) in [6, 6.07) is 3.78. The van der Waals surface area contributed by atoms with Gasteiger partial charge in [0.25, 0.3) is 0 Å². The van der Waals surface area contributed by atoms with E-state index in [0.29, 0.717) is 11.6 Å². The molecule has 1 fully saturated rings. The Hall–Kier alpha value is -2.54. The molecule has 1 aliphatic carbocycles. The number of rotatable bonds is 4. The van der Waals surface area contributed by atoms with Gasteiger partial charge in [-0.25, -0.2) is 15.0 Å². The minimum absolute atomic E-state index is 0.00476. The van der Waals surface area contributed by atoms with E-state index >= 15 is 0 Å². The molecule has 0 radical (unpaired) electrons. The average Bonchev–Trinajstić information content (AvgIpc) is 3.18. The lowest BCUT2D eigenvalue weighted by Crippen LogP contribution is -2.28. The second-order valence-electron chi connectivity index (χ2n) is 6.01. The molecule has 7 heteroatoms. The predicted octanol–water partition coefficient (Wildman–Crippen LogP) is 1.47. The van der Waals surface area contributed by atoms with Crippen molar-refractivity contribution in [3.63, 3.8) is 0 Å². The van der Waals surface area contributed by atoms with Crippen molar-refractivity contribution in [1.82, 2.24) is 24.5 Å². The Balaban J connectivity index is 1.45. The molecule has 0 spiro atoms. The third kappa shape index (κ3) is 3.00. The van der Waals surface area contributed by atoms with Crippen molar-refractivity contribution in [2.24, 2.45) is 5.92 Å². The highest BCUT2D eigenvalue weighted by Gasteiger charge is 2.33. The molecule has 0 amide bonds. The Bertz CT molecular complexity index is 790. The molecule has 0 bridgehead atoms. The molecule has 118 valence electrons.